The number of aryl methyl sites for hydroxylation is 1. The Labute approximate surface area is 181 Å². The number of hydrogen-bond acceptors (Lipinski definition) is 4. The molecule has 1 N–H and O–H groups in total. The molecule has 1 fully saturated rings. The molecule has 0 radical (unpaired) electrons. The molecule has 32 heavy (non-hydrogen) atoms. The molecule has 0 bridgehead atoms. The Kier molecular flexibility index (Phi) is 6.56. The Morgan fingerprint density at radius 2 is 1.53 bits per heavy atom. The van der Waals surface area contributed by atoms with E-state index in [0.717, 1.165) is 18.2 Å². The second-order valence-corrected chi connectivity index (χ2v) is 7.09. The number of rotatable bonds is 2. The Bertz CT molecular complexity index is 1060. The minimum Gasteiger partial charge on any atom is -0.353 e. The number of anilines is 2. The Morgan fingerprint density at radius 1 is 0.906 bits per heavy atom. The molecular weight excluding hydrogens is 436 g/mol. The molecule has 1 aromatic carbocycles. The topological polar surface area (TPSA) is 48.1 Å². The monoisotopic (exact) mass is 459 g/mol. The van der Waals surface area contributed by atoms with Gasteiger partial charge in [-0.05, 0) is 36.8 Å². The lowest BCUT2D eigenvalue weighted by Gasteiger charge is -2.36. The van der Waals surface area contributed by atoms with Crippen molar-refractivity contribution in [2.45, 2.75) is 33.1 Å². The van der Waals surface area contributed by atoms with Crippen LogP contribution in [-0.4, -0.2) is 41.1 Å². The van der Waals surface area contributed by atoms with Gasteiger partial charge in [0.05, 0.1) is 22.2 Å². The van der Waals surface area contributed by atoms with Gasteiger partial charge in [-0.3, -0.25) is 0 Å². The van der Waals surface area contributed by atoms with Crippen LogP contribution in [0, 0.1) is 6.92 Å². The number of benzene rings is 1. The quantitative estimate of drug-likeness (QED) is 0.503. The van der Waals surface area contributed by atoms with E-state index in [2.05, 4.69) is 15.0 Å². The molecule has 2 aromatic heterocycles. The first-order chi connectivity index (χ1) is 15.0. The van der Waals surface area contributed by atoms with Crippen molar-refractivity contribution in [1.29, 1.82) is 0 Å². The summed E-state index contributed by atoms with van der Waals surface area (Å²) in [5.41, 5.74) is -0.461. The van der Waals surface area contributed by atoms with E-state index >= 15 is 0 Å². The first-order valence-electron chi connectivity index (χ1n) is 10.1. The van der Waals surface area contributed by atoms with Crippen LogP contribution >= 0.6 is 0 Å². The fourth-order valence-electron chi connectivity index (χ4n) is 3.59. The molecule has 1 aliphatic rings. The number of H-pyrrole nitrogens is 1. The SMILES string of the molecule is CC.Cc1cc(C(F)(F)F)cc2[nH]c(N3CCN(c4ncccc4C(F)(F)F)CC3)nc12. The molecule has 0 amide bonds. The van der Waals surface area contributed by atoms with Crippen molar-refractivity contribution in [2.75, 3.05) is 36.0 Å². The van der Waals surface area contributed by atoms with E-state index in [1.165, 1.54) is 12.3 Å². The third-order valence-corrected chi connectivity index (χ3v) is 5.06. The summed E-state index contributed by atoms with van der Waals surface area (Å²) in [6.07, 6.45) is -7.65. The number of imidazole rings is 1. The highest BCUT2D eigenvalue weighted by atomic mass is 19.4. The zero-order valence-corrected chi connectivity index (χ0v) is 17.8. The lowest BCUT2D eigenvalue weighted by molar-refractivity contribution is -0.138. The zero-order chi connectivity index (χ0) is 23.7. The van der Waals surface area contributed by atoms with Crippen molar-refractivity contribution in [3.8, 4) is 0 Å². The smallest absolute Gasteiger partial charge is 0.353 e. The summed E-state index contributed by atoms with van der Waals surface area (Å²) in [5.74, 6) is 0.268. The van der Waals surface area contributed by atoms with Crippen molar-refractivity contribution >= 4 is 22.8 Å². The van der Waals surface area contributed by atoms with E-state index in [-0.39, 0.29) is 24.4 Å². The molecule has 0 unspecified atom stereocenters. The largest absolute Gasteiger partial charge is 0.419 e. The van der Waals surface area contributed by atoms with Gasteiger partial charge in [0.1, 0.15) is 5.82 Å². The molecular formula is C21H23F6N5. The van der Waals surface area contributed by atoms with Crippen molar-refractivity contribution in [3.05, 3.63) is 47.2 Å². The number of halogens is 6. The van der Waals surface area contributed by atoms with E-state index in [9.17, 15) is 26.3 Å². The van der Waals surface area contributed by atoms with Crippen LogP contribution in [0.4, 0.5) is 38.1 Å². The van der Waals surface area contributed by atoms with Gasteiger partial charge in [-0.1, -0.05) is 13.8 Å². The number of fused-ring (bicyclic) bond motifs is 1. The second kappa shape index (κ2) is 8.87. The zero-order valence-electron chi connectivity index (χ0n) is 17.8. The summed E-state index contributed by atoms with van der Waals surface area (Å²) in [5, 5.41) is 0. The summed E-state index contributed by atoms with van der Waals surface area (Å²) >= 11 is 0. The van der Waals surface area contributed by atoms with Crippen LogP contribution in [0.2, 0.25) is 0 Å². The van der Waals surface area contributed by atoms with Crippen LogP contribution in [0.3, 0.4) is 0 Å². The normalized spacial score (nSPS) is 15.0. The Hall–Kier alpha value is -2.98. The average Bonchev–Trinajstić information content (AvgIpc) is 3.19. The molecule has 4 rings (SSSR count). The van der Waals surface area contributed by atoms with Crippen LogP contribution < -0.4 is 9.80 Å². The maximum atomic E-state index is 13.2. The van der Waals surface area contributed by atoms with Crippen LogP contribution in [0.1, 0.15) is 30.5 Å². The fourth-order valence-corrected chi connectivity index (χ4v) is 3.59. The first kappa shape index (κ1) is 23.7. The number of aromatic amines is 1. The van der Waals surface area contributed by atoms with Crippen molar-refractivity contribution in [1.82, 2.24) is 15.0 Å². The van der Waals surface area contributed by atoms with E-state index in [1.807, 2.05) is 13.8 Å². The Balaban J connectivity index is 0.00000141. The van der Waals surface area contributed by atoms with Gasteiger partial charge in [-0.2, -0.15) is 26.3 Å². The number of nitrogens with one attached hydrogen (secondary N) is 1. The molecule has 5 nitrogen and oxygen atoms in total. The molecule has 11 heteroatoms. The highest BCUT2D eigenvalue weighted by Crippen LogP contribution is 2.36. The molecule has 3 aromatic rings. The van der Waals surface area contributed by atoms with Gasteiger partial charge < -0.3 is 14.8 Å². The average molecular weight is 459 g/mol. The predicted molar refractivity (Wildman–Crippen MR) is 111 cm³/mol. The minimum absolute atomic E-state index is 0.125. The predicted octanol–water partition coefficient (Wildman–Crippen LogP) is 5.66. The Morgan fingerprint density at radius 3 is 2.12 bits per heavy atom. The van der Waals surface area contributed by atoms with Crippen molar-refractivity contribution in [3.63, 3.8) is 0 Å². The molecule has 0 aliphatic carbocycles. The lowest BCUT2D eigenvalue weighted by atomic mass is 10.1. The maximum absolute atomic E-state index is 13.2. The molecule has 0 spiro atoms. The summed E-state index contributed by atoms with van der Waals surface area (Å²) < 4.78 is 78.9. The molecule has 1 saturated heterocycles. The highest BCUT2D eigenvalue weighted by Gasteiger charge is 2.36. The van der Waals surface area contributed by atoms with E-state index in [4.69, 9.17) is 0 Å². The number of alkyl halides is 6. The van der Waals surface area contributed by atoms with Gasteiger partial charge in [0.2, 0.25) is 5.95 Å². The molecule has 0 atom stereocenters. The van der Waals surface area contributed by atoms with Crippen LogP contribution in [0.5, 0.6) is 0 Å². The fraction of sp³-hybridized carbons (Fsp3) is 0.429. The number of aromatic nitrogens is 3. The second-order valence-electron chi connectivity index (χ2n) is 7.09. The molecule has 174 valence electrons. The standard InChI is InChI=1S/C19H17F6N5.C2H6/c1-11-9-12(18(20,21)22)10-14-15(11)28-17(27-14)30-7-5-29(6-8-30)16-13(19(23,24)25)3-2-4-26-16;1-2/h2-4,9-10H,5-8H2,1H3,(H,27,28);1-2H3. The van der Waals surface area contributed by atoms with Gasteiger partial charge in [0, 0.05) is 32.4 Å². The number of hydrogen-bond donors (Lipinski definition) is 1. The molecule has 1 aliphatic heterocycles. The van der Waals surface area contributed by atoms with Crippen LogP contribution in [0.15, 0.2) is 30.5 Å². The summed E-state index contributed by atoms with van der Waals surface area (Å²) in [6.45, 7) is 6.78. The van der Waals surface area contributed by atoms with Crippen molar-refractivity contribution < 1.29 is 26.3 Å². The third-order valence-electron chi connectivity index (χ3n) is 5.06. The van der Waals surface area contributed by atoms with E-state index < -0.39 is 23.5 Å². The number of nitrogens with zero attached hydrogens (tertiary/aromatic N) is 4. The molecule has 0 saturated carbocycles. The summed E-state index contributed by atoms with van der Waals surface area (Å²) in [7, 11) is 0. The number of pyridine rings is 1. The first-order valence-corrected chi connectivity index (χ1v) is 10.1. The number of piperazine rings is 1. The van der Waals surface area contributed by atoms with Gasteiger partial charge >= 0.3 is 12.4 Å². The van der Waals surface area contributed by atoms with Crippen molar-refractivity contribution in [2.24, 2.45) is 0 Å². The van der Waals surface area contributed by atoms with Gasteiger partial charge in [0.25, 0.3) is 0 Å². The summed E-state index contributed by atoms with van der Waals surface area (Å²) in [6, 6.07) is 4.30. The maximum Gasteiger partial charge on any atom is 0.419 e. The summed E-state index contributed by atoms with van der Waals surface area (Å²) in [4.78, 5) is 14.6. The highest BCUT2D eigenvalue weighted by molar-refractivity contribution is 5.82. The minimum atomic E-state index is -4.51. The van der Waals surface area contributed by atoms with Gasteiger partial charge in [-0.25, -0.2) is 9.97 Å². The van der Waals surface area contributed by atoms with Crippen LogP contribution in [0.25, 0.3) is 11.0 Å². The molecule has 3 heterocycles. The van der Waals surface area contributed by atoms with Gasteiger partial charge in [0.15, 0.2) is 0 Å². The van der Waals surface area contributed by atoms with Crippen LogP contribution in [-0.2, 0) is 12.4 Å². The third kappa shape index (κ3) is 4.76. The lowest BCUT2D eigenvalue weighted by Crippen LogP contribution is -2.47. The van der Waals surface area contributed by atoms with E-state index in [1.54, 1.807) is 16.7 Å². The van der Waals surface area contributed by atoms with Gasteiger partial charge in [-0.15, -0.1) is 0 Å². The van der Waals surface area contributed by atoms with E-state index in [0.29, 0.717) is 30.1 Å².